The van der Waals surface area contributed by atoms with E-state index in [0.29, 0.717) is 10.8 Å². The first-order valence-corrected chi connectivity index (χ1v) is 14.7. The molecule has 2 aliphatic heterocycles. The highest BCUT2D eigenvalue weighted by atomic mass is 31.2. The summed E-state index contributed by atoms with van der Waals surface area (Å²) < 4.78 is 69.4. The smallest absolute Gasteiger partial charge is 0.423 e. The molecule has 0 aliphatic carbocycles. The Kier molecular flexibility index (Phi) is 6.30. The van der Waals surface area contributed by atoms with Gasteiger partial charge < -0.3 is 17.9 Å². The van der Waals surface area contributed by atoms with Crippen LogP contribution in [0.4, 0.5) is 0 Å². The topological polar surface area (TPSA) is 150 Å². The van der Waals surface area contributed by atoms with Crippen LogP contribution in [0.15, 0.2) is 67.0 Å². The van der Waals surface area contributed by atoms with Gasteiger partial charge in [-0.2, -0.15) is 0 Å². The predicted octanol–water partition coefficient (Wildman–Crippen LogP) is 5.27. The summed E-state index contributed by atoms with van der Waals surface area (Å²) in [5.74, 6) is 0.261. The lowest BCUT2D eigenvalue weighted by atomic mass is 9.93. The SMILES string of the molecule is Cc1cc(=O)oc2cc(OP3(=O)OCC4(CO3)COP(=O)(Oc3ccc5c(C)cc(=O)oc5c3)OC4)ccc12. The van der Waals surface area contributed by atoms with Crippen LogP contribution in [0.3, 0.4) is 0 Å². The van der Waals surface area contributed by atoms with E-state index in [-0.39, 0.29) is 49.1 Å². The summed E-state index contributed by atoms with van der Waals surface area (Å²) in [6.07, 6.45) is 0. The second-order valence-electron chi connectivity index (χ2n) is 9.48. The van der Waals surface area contributed by atoms with Crippen molar-refractivity contribution >= 4 is 37.6 Å². The van der Waals surface area contributed by atoms with Crippen molar-refractivity contribution < 1.29 is 45.1 Å². The van der Waals surface area contributed by atoms with Crippen molar-refractivity contribution in [1.29, 1.82) is 0 Å². The maximum atomic E-state index is 13.1. The summed E-state index contributed by atoms with van der Waals surface area (Å²) in [6.45, 7) is 3.02. The minimum absolute atomic E-state index is 0.131. The van der Waals surface area contributed by atoms with Crippen molar-refractivity contribution in [2.45, 2.75) is 13.8 Å². The number of aryl methyl sites for hydroxylation is 2. The van der Waals surface area contributed by atoms with Crippen LogP contribution in [0.5, 0.6) is 11.5 Å². The maximum Gasteiger partial charge on any atom is 0.530 e. The fourth-order valence-electron chi connectivity index (χ4n) is 4.28. The summed E-state index contributed by atoms with van der Waals surface area (Å²) in [4.78, 5) is 23.4. The molecule has 2 fully saturated rings. The Morgan fingerprint density at radius 3 is 1.41 bits per heavy atom. The molecule has 1 spiro atoms. The van der Waals surface area contributed by atoms with Gasteiger partial charge in [0, 0.05) is 35.0 Å². The molecule has 0 atom stereocenters. The molecule has 0 bridgehead atoms. The van der Waals surface area contributed by atoms with Gasteiger partial charge in [-0.1, -0.05) is 0 Å². The third-order valence-corrected chi connectivity index (χ3v) is 9.05. The van der Waals surface area contributed by atoms with Crippen LogP contribution >= 0.6 is 15.6 Å². The highest BCUT2D eigenvalue weighted by molar-refractivity contribution is 7.49. The Bertz CT molecular complexity index is 1660. The first kappa shape index (κ1) is 26.0. The van der Waals surface area contributed by atoms with Gasteiger partial charge in [0.1, 0.15) is 22.7 Å². The van der Waals surface area contributed by atoms with Crippen LogP contribution in [-0.2, 0) is 27.2 Å². The molecular weight excluding hydrogens is 554 g/mol. The Morgan fingerprint density at radius 2 is 1.03 bits per heavy atom. The summed E-state index contributed by atoms with van der Waals surface area (Å²) in [6, 6.07) is 12.1. The van der Waals surface area contributed by atoms with Crippen molar-refractivity contribution in [3.8, 4) is 11.5 Å². The summed E-state index contributed by atoms with van der Waals surface area (Å²) in [5, 5.41) is 1.41. The molecule has 4 aromatic rings. The van der Waals surface area contributed by atoms with Gasteiger partial charge in [0.15, 0.2) is 0 Å². The van der Waals surface area contributed by atoms with E-state index >= 15 is 0 Å². The zero-order valence-electron chi connectivity index (χ0n) is 20.7. The average Bonchev–Trinajstić information content (AvgIpc) is 2.87. The lowest BCUT2D eigenvalue weighted by molar-refractivity contribution is -0.0853. The molecule has 0 saturated carbocycles. The normalized spacial score (nSPS) is 27.1. The molecule has 0 unspecified atom stereocenters. The van der Waals surface area contributed by atoms with Crippen molar-refractivity contribution in [2.75, 3.05) is 26.4 Å². The van der Waals surface area contributed by atoms with E-state index in [1.54, 1.807) is 38.1 Å². The average molecular weight is 576 g/mol. The van der Waals surface area contributed by atoms with Gasteiger partial charge in [-0.15, -0.1) is 0 Å². The molecule has 6 rings (SSSR count). The van der Waals surface area contributed by atoms with E-state index in [2.05, 4.69) is 0 Å². The summed E-state index contributed by atoms with van der Waals surface area (Å²) >= 11 is 0. The van der Waals surface area contributed by atoms with Gasteiger partial charge in [0.25, 0.3) is 0 Å². The number of rotatable bonds is 4. The van der Waals surface area contributed by atoms with E-state index in [0.717, 1.165) is 11.1 Å². The molecule has 2 aliphatic rings. The summed E-state index contributed by atoms with van der Waals surface area (Å²) in [5.41, 5.74) is 0.0559. The third-order valence-electron chi connectivity index (χ3n) is 6.40. The Labute approximate surface area is 220 Å². The minimum Gasteiger partial charge on any atom is -0.423 e. The highest BCUT2D eigenvalue weighted by Gasteiger charge is 2.51. The fourth-order valence-corrected chi connectivity index (χ4v) is 7.11. The zero-order chi connectivity index (χ0) is 27.4. The van der Waals surface area contributed by atoms with Crippen LogP contribution in [0.25, 0.3) is 21.9 Å². The van der Waals surface area contributed by atoms with Gasteiger partial charge in [0.05, 0.1) is 31.8 Å². The first-order chi connectivity index (χ1) is 18.5. The van der Waals surface area contributed by atoms with Crippen LogP contribution in [0.2, 0.25) is 0 Å². The number of benzene rings is 2. The minimum atomic E-state index is -4.02. The fraction of sp³-hybridized carbons (Fsp3) is 0.280. The molecular formula is C25H22O12P2. The van der Waals surface area contributed by atoms with Crippen molar-refractivity contribution in [2.24, 2.45) is 5.41 Å². The second kappa shape index (κ2) is 9.45. The molecule has 2 saturated heterocycles. The first-order valence-electron chi connectivity index (χ1n) is 11.8. The largest absolute Gasteiger partial charge is 0.530 e. The number of phosphoric ester groups is 2. The lowest BCUT2D eigenvalue weighted by Gasteiger charge is -2.41. The van der Waals surface area contributed by atoms with Gasteiger partial charge in [0.2, 0.25) is 0 Å². The monoisotopic (exact) mass is 576 g/mol. The van der Waals surface area contributed by atoms with E-state index in [1.807, 2.05) is 0 Å². The quantitative estimate of drug-likeness (QED) is 0.230. The van der Waals surface area contributed by atoms with Crippen LogP contribution < -0.4 is 20.3 Å². The standard InChI is InChI=1S/C25H22O12P2/c1-15-7-23(26)34-21-9-17(3-5-19(15)21)36-38(28)30-11-25(12-31-38)13-32-39(29,33-14-25)37-18-4-6-20-16(2)8-24(27)35-22(20)10-18/h3-10H,11-14H2,1-2H3. The van der Waals surface area contributed by atoms with Crippen LogP contribution in [0, 0.1) is 19.3 Å². The second-order valence-corrected chi connectivity index (χ2v) is 12.7. The van der Waals surface area contributed by atoms with E-state index in [1.165, 1.54) is 24.3 Å². The van der Waals surface area contributed by atoms with Crippen molar-refractivity contribution in [1.82, 2.24) is 0 Å². The highest BCUT2D eigenvalue weighted by Crippen LogP contribution is 2.59. The number of phosphoric acid groups is 2. The number of fused-ring (bicyclic) bond motifs is 2. The van der Waals surface area contributed by atoms with Gasteiger partial charge in [-0.3, -0.25) is 18.1 Å². The molecule has 0 N–H and O–H groups in total. The van der Waals surface area contributed by atoms with E-state index in [9.17, 15) is 18.7 Å². The molecule has 14 heteroatoms. The Morgan fingerprint density at radius 1 is 0.641 bits per heavy atom. The van der Waals surface area contributed by atoms with Gasteiger partial charge in [-0.05, 0) is 49.2 Å². The summed E-state index contributed by atoms with van der Waals surface area (Å²) in [7, 11) is -8.03. The molecule has 39 heavy (non-hydrogen) atoms. The molecule has 12 nitrogen and oxygen atoms in total. The van der Waals surface area contributed by atoms with E-state index in [4.69, 9.17) is 36.0 Å². The predicted molar refractivity (Wildman–Crippen MR) is 137 cm³/mol. The third kappa shape index (κ3) is 5.19. The molecule has 2 aromatic heterocycles. The number of hydrogen-bond acceptors (Lipinski definition) is 12. The lowest BCUT2D eigenvalue weighted by Crippen LogP contribution is -2.46. The molecule has 2 aromatic carbocycles. The van der Waals surface area contributed by atoms with Crippen LogP contribution in [0.1, 0.15) is 11.1 Å². The van der Waals surface area contributed by atoms with Gasteiger partial charge in [-0.25, -0.2) is 18.7 Å². The Balaban J connectivity index is 1.10. The number of hydrogen-bond donors (Lipinski definition) is 0. The molecule has 0 amide bonds. The van der Waals surface area contributed by atoms with E-state index < -0.39 is 32.3 Å². The zero-order valence-corrected chi connectivity index (χ0v) is 22.5. The van der Waals surface area contributed by atoms with Crippen molar-refractivity contribution in [3.05, 3.63) is 80.5 Å². The maximum absolute atomic E-state index is 13.1. The van der Waals surface area contributed by atoms with Crippen LogP contribution in [-0.4, -0.2) is 26.4 Å². The molecule has 4 heterocycles. The molecule has 0 radical (unpaired) electrons. The van der Waals surface area contributed by atoms with Gasteiger partial charge >= 0.3 is 26.9 Å². The molecule has 204 valence electrons. The Hall–Kier alpha value is -3.24. The van der Waals surface area contributed by atoms with Crippen molar-refractivity contribution in [3.63, 3.8) is 0 Å².